The van der Waals surface area contributed by atoms with E-state index in [4.69, 9.17) is 9.15 Å². The highest BCUT2D eigenvalue weighted by Gasteiger charge is 2.47. The predicted molar refractivity (Wildman–Crippen MR) is 88.3 cm³/mol. The van der Waals surface area contributed by atoms with Gasteiger partial charge in [-0.2, -0.15) is 18.3 Å². The molecule has 10 heteroatoms. The van der Waals surface area contributed by atoms with E-state index < -0.39 is 24.2 Å². The average molecular weight is 384 g/mol. The van der Waals surface area contributed by atoms with Gasteiger partial charge in [0.2, 0.25) is 0 Å². The molecule has 2 aromatic heterocycles. The van der Waals surface area contributed by atoms with E-state index in [9.17, 15) is 18.0 Å². The predicted octanol–water partition coefficient (Wildman–Crippen LogP) is 3.05. The molecule has 1 fully saturated rings. The Morgan fingerprint density at radius 3 is 2.96 bits per heavy atom. The number of aromatic nitrogens is 2. The Kier molecular flexibility index (Phi) is 4.58. The molecule has 2 N–H and O–H groups in total. The van der Waals surface area contributed by atoms with Gasteiger partial charge in [0.15, 0.2) is 11.7 Å². The number of hydrogen-bond acceptors (Lipinski definition) is 5. The highest BCUT2D eigenvalue weighted by Crippen LogP contribution is 2.43. The Morgan fingerprint density at radius 1 is 1.44 bits per heavy atom. The first kappa shape index (κ1) is 17.9. The molecule has 0 aliphatic carbocycles. The number of halogens is 3. The van der Waals surface area contributed by atoms with E-state index in [0.717, 1.165) is 17.5 Å². The molecule has 1 amide bonds. The summed E-state index contributed by atoms with van der Waals surface area (Å²) in [5.41, 5.74) is -0.0650. The zero-order chi connectivity index (χ0) is 19.0. The van der Waals surface area contributed by atoms with E-state index in [-0.39, 0.29) is 24.0 Å². The number of carbonyl (C=O) groups excluding carboxylic acids is 1. The molecule has 2 aromatic rings. The van der Waals surface area contributed by atoms with Gasteiger partial charge in [0.1, 0.15) is 11.6 Å². The summed E-state index contributed by atoms with van der Waals surface area (Å²) in [7, 11) is 0. The van der Waals surface area contributed by atoms with Crippen LogP contribution < -0.4 is 10.6 Å². The zero-order valence-electron chi connectivity index (χ0n) is 14.3. The molecule has 0 radical (unpaired) electrons. The Bertz CT molecular complexity index is 797. The lowest BCUT2D eigenvalue weighted by Crippen LogP contribution is -2.36. The number of anilines is 1. The molecule has 2 aliphatic heterocycles. The Balaban J connectivity index is 1.55. The van der Waals surface area contributed by atoms with Gasteiger partial charge in [-0.25, -0.2) is 4.68 Å². The summed E-state index contributed by atoms with van der Waals surface area (Å²) in [5, 5.41) is 9.56. The van der Waals surface area contributed by atoms with E-state index in [1.807, 2.05) is 0 Å². The molecule has 1 saturated heterocycles. The van der Waals surface area contributed by atoms with Crippen LogP contribution in [0, 0.1) is 0 Å². The number of rotatable bonds is 4. The summed E-state index contributed by atoms with van der Waals surface area (Å²) in [4.78, 5) is 12.3. The second kappa shape index (κ2) is 6.91. The van der Waals surface area contributed by atoms with Crippen LogP contribution >= 0.6 is 0 Å². The minimum absolute atomic E-state index is 0.0597. The number of carbonyl (C=O) groups is 1. The van der Waals surface area contributed by atoms with Gasteiger partial charge in [0.25, 0.3) is 5.91 Å². The highest BCUT2D eigenvalue weighted by molar-refractivity contribution is 5.93. The topological polar surface area (TPSA) is 81.3 Å². The molecule has 27 heavy (non-hydrogen) atoms. The van der Waals surface area contributed by atoms with Crippen molar-refractivity contribution in [1.82, 2.24) is 15.1 Å². The molecule has 7 nitrogen and oxygen atoms in total. The van der Waals surface area contributed by atoms with Gasteiger partial charge in [0, 0.05) is 25.6 Å². The standard InChI is InChI=1S/C17H19F3N4O3/c18-17(19,20)14-7-11(13-4-2-6-27-13)22-15-8-12(23-24(14)15)16(25)21-9-10-3-1-5-26-10/h2,4,6,8,10-11,14,22H,1,3,5,7,9H2,(H,21,25)/t10-,11-,14+/m0/s1. The average Bonchev–Trinajstić information content (AvgIpc) is 3.38. The van der Waals surface area contributed by atoms with Crippen LogP contribution in [0.25, 0.3) is 0 Å². The molecule has 4 heterocycles. The van der Waals surface area contributed by atoms with Gasteiger partial charge in [0.05, 0.1) is 18.4 Å². The van der Waals surface area contributed by atoms with Gasteiger partial charge in [-0.15, -0.1) is 0 Å². The third-order valence-electron chi connectivity index (χ3n) is 4.82. The lowest BCUT2D eigenvalue weighted by atomic mass is 10.0. The van der Waals surface area contributed by atoms with E-state index >= 15 is 0 Å². The van der Waals surface area contributed by atoms with Gasteiger partial charge in [-0.1, -0.05) is 0 Å². The smallest absolute Gasteiger partial charge is 0.410 e. The highest BCUT2D eigenvalue weighted by atomic mass is 19.4. The van der Waals surface area contributed by atoms with Crippen LogP contribution in [0.3, 0.4) is 0 Å². The van der Waals surface area contributed by atoms with Crippen LogP contribution in [0.5, 0.6) is 0 Å². The number of nitrogens with zero attached hydrogens (tertiary/aromatic N) is 2. The molecule has 3 atom stereocenters. The normalized spacial score (nSPS) is 25.1. The number of alkyl halides is 3. The number of ether oxygens (including phenoxy) is 1. The van der Waals surface area contributed by atoms with Crippen molar-refractivity contribution < 1.29 is 27.1 Å². The second-order valence-electron chi connectivity index (χ2n) is 6.71. The number of fused-ring (bicyclic) bond motifs is 1. The maximum Gasteiger partial charge on any atom is 0.410 e. The second-order valence-corrected chi connectivity index (χ2v) is 6.71. The van der Waals surface area contributed by atoms with Crippen LogP contribution in [0.1, 0.15) is 47.6 Å². The molecular formula is C17H19F3N4O3. The van der Waals surface area contributed by atoms with Crippen molar-refractivity contribution >= 4 is 11.7 Å². The Morgan fingerprint density at radius 2 is 2.30 bits per heavy atom. The largest absolute Gasteiger partial charge is 0.467 e. The maximum atomic E-state index is 13.6. The third kappa shape index (κ3) is 3.66. The minimum Gasteiger partial charge on any atom is -0.467 e. The zero-order valence-corrected chi connectivity index (χ0v) is 14.3. The van der Waals surface area contributed by atoms with Crippen molar-refractivity contribution in [3.8, 4) is 0 Å². The first-order chi connectivity index (χ1) is 12.9. The fourth-order valence-corrected chi connectivity index (χ4v) is 3.46. The lowest BCUT2D eigenvalue weighted by molar-refractivity contribution is -0.174. The summed E-state index contributed by atoms with van der Waals surface area (Å²) >= 11 is 0. The molecule has 146 valence electrons. The van der Waals surface area contributed by atoms with Gasteiger partial charge in [-0.05, 0) is 25.0 Å². The van der Waals surface area contributed by atoms with Crippen LogP contribution in [0.15, 0.2) is 28.9 Å². The van der Waals surface area contributed by atoms with E-state index in [0.29, 0.717) is 18.9 Å². The summed E-state index contributed by atoms with van der Waals surface area (Å²) in [6.07, 6.45) is -1.64. The molecule has 4 rings (SSSR count). The summed E-state index contributed by atoms with van der Waals surface area (Å²) in [6, 6.07) is 2.07. The summed E-state index contributed by atoms with van der Waals surface area (Å²) < 4.78 is 52.2. The van der Waals surface area contributed by atoms with Crippen LogP contribution in [-0.2, 0) is 4.74 Å². The van der Waals surface area contributed by atoms with Crippen molar-refractivity contribution in [3.63, 3.8) is 0 Å². The SMILES string of the molecule is O=C(NC[C@@H]1CCCO1)c1cc2n(n1)[C@@H](C(F)(F)F)C[C@@H](c1ccco1)N2. The van der Waals surface area contributed by atoms with Crippen LogP contribution in [0.2, 0.25) is 0 Å². The van der Waals surface area contributed by atoms with Crippen molar-refractivity contribution in [2.45, 2.75) is 43.6 Å². The van der Waals surface area contributed by atoms with Gasteiger partial charge < -0.3 is 19.8 Å². The first-order valence-corrected chi connectivity index (χ1v) is 8.78. The van der Waals surface area contributed by atoms with E-state index in [1.165, 1.54) is 12.3 Å². The molecule has 0 spiro atoms. The van der Waals surface area contributed by atoms with E-state index in [2.05, 4.69) is 15.7 Å². The summed E-state index contributed by atoms with van der Waals surface area (Å²) in [6.45, 7) is 0.969. The Hall–Kier alpha value is -2.49. The van der Waals surface area contributed by atoms with Gasteiger partial charge in [-0.3, -0.25) is 4.79 Å². The number of hydrogen-bond donors (Lipinski definition) is 2. The Labute approximate surface area is 152 Å². The number of nitrogens with one attached hydrogen (secondary N) is 2. The fraction of sp³-hybridized carbons (Fsp3) is 0.529. The van der Waals surface area contributed by atoms with Gasteiger partial charge >= 0.3 is 6.18 Å². The molecule has 0 aromatic carbocycles. The number of furan rings is 1. The van der Waals surface area contributed by atoms with Crippen molar-refractivity contribution in [2.24, 2.45) is 0 Å². The first-order valence-electron chi connectivity index (χ1n) is 8.78. The minimum atomic E-state index is -4.50. The van der Waals surface area contributed by atoms with Crippen molar-refractivity contribution in [3.05, 3.63) is 35.9 Å². The molecule has 0 unspecified atom stereocenters. The number of amides is 1. The molecule has 0 bridgehead atoms. The van der Waals surface area contributed by atoms with E-state index in [1.54, 1.807) is 12.1 Å². The van der Waals surface area contributed by atoms with Crippen molar-refractivity contribution in [2.75, 3.05) is 18.5 Å². The van der Waals surface area contributed by atoms with Crippen LogP contribution in [-0.4, -0.2) is 41.1 Å². The third-order valence-corrected chi connectivity index (χ3v) is 4.82. The monoisotopic (exact) mass is 384 g/mol. The van der Waals surface area contributed by atoms with Crippen LogP contribution in [0.4, 0.5) is 19.0 Å². The quantitative estimate of drug-likeness (QED) is 0.847. The lowest BCUT2D eigenvalue weighted by Gasteiger charge is -2.32. The fourth-order valence-electron chi connectivity index (χ4n) is 3.46. The maximum absolute atomic E-state index is 13.6. The molecule has 0 saturated carbocycles. The van der Waals surface area contributed by atoms with Crippen molar-refractivity contribution in [1.29, 1.82) is 0 Å². The molecular weight excluding hydrogens is 365 g/mol. The summed E-state index contributed by atoms with van der Waals surface area (Å²) in [5.74, 6) is 0.0120. The molecule has 2 aliphatic rings.